The highest BCUT2D eigenvalue weighted by Gasteiger charge is 2.18. The number of rotatable bonds is 7. The Bertz CT molecular complexity index is 947. The van der Waals surface area contributed by atoms with Crippen LogP contribution in [0.25, 0.3) is 0 Å². The number of thioether (sulfide) groups is 1. The van der Waals surface area contributed by atoms with Crippen LogP contribution in [0.3, 0.4) is 0 Å². The summed E-state index contributed by atoms with van der Waals surface area (Å²) in [7, 11) is 0. The second-order valence-electron chi connectivity index (χ2n) is 5.55. The van der Waals surface area contributed by atoms with Gasteiger partial charge in [0, 0.05) is 5.69 Å². The quantitative estimate of drug-likeness (QED) is 0.503. The van der Waals surface area contributed by atoms with E-state index in [4.69, 9.17) is 10.5 Å². The minimum atomic E-state index is -0.878. The summed E-state index contributed by atoms with van der Waals surface area (Å²) < 4.78 is 6.35. The van der Waals surface area contributed by atoms with Crippen molar-refractivity contribution >= 4 is 45.9 Å². The van der Waals surface area contributed by atoms with Gasteiger partial charge in [-0.2, -0.15) is 0 Å². The fourth-order valence-corrected chi connectivity index (χ4v) is 4.01. The van der Waals surface area contributed by atoms with Gasteiger partial charge in [-0.05, 0) is 43.3 Å². The van der Waals surface area contributed by atoms with Gasteiger partial charge in [-0.1, -0.05) is 41.3 Å². The number of carbonyl (C=O) groups excluding carboxylic acids is 2. The Hall–Kier alpha value is -3.11. The van der Waals surface area contributed by atoms with Crippen LogP contribution in [-0.4, -0.2) is 27.4 Å². The van der Waals surface area contributed by atoms with Gasteiger partial charge in [0.25, 0.3) is 0 Å². The Morgan fingerprint density at radius 1 is 1.07 bits per heavy atom. The highest BCUT2D eigenvalue weighted by Crippen LogP contribution is 2.31. The maximum absolute atomic E-state index is 11.7. The molecule has 0 bridgehead atoms. The van der Waals surface area contributed by atoms with Crippen molar-refractivity contribution in [3.8, 4) is 11.5 Å². The molecule has 28 heavy (non-hydrogen) atoms. The molecular weight excluding hydrogens is 398 g/mol. The van der Waals surface area contributed by atoms with Gasteiger partial charge in [0.2, 0.25) is 11.0 Å². The van der Waals surface area contributed by atoms with Crippen LogP contribution < -0.4 is 21.1 Å². The van der Waals surface area contributed by atoms with Crippen molar-refractivity contribution in [1.29, 1.82) is 0 Å². The molecule has 0 aliphatic heterocycles. The monoisotopic (exact) mass is 415 g/mol. The van der Waals surface area contributed by atoms with Crippen molar-refractivity contribution in [3.05, 3.63) is 54.6 Å². The number of anilines is 2. The van der Waals surface area contributed by atoms with Crippen LogP contribution in [0.1, 0.15) is 6.92 Å². The Morgan fingerprint density at radius 2 is 1.75 bits per heavy atom. The first-order valence-electron chi connectivity index (χ1n) is 8.20. The van der Waals surface area contributed by atoms with E-state index >= 15 is 0 Å². The van der Waals surface area contributed by atoms with E-state index in [1.807, 2.05) is 59.9 Å². The second kappa shape index (κ2) is 9.20. The number of nitrogens with one attached hydrogen (secondary N) is 2. The fraction of sp³-hybridized carbons (Fsp3) is 0.111. The van der Waals surface area contributed by atoms with Gasteiger partial charge in [0.15, 0.2) is 4.34 Å². The lowest BCUT2D eigenvalue weighted by atomic mass is 10.3. The first kappa shape index (κ1) is 19.6. The lowest BCUT2D eigenvalue weighted by Crippen LogP contribution is -2.39. The average Bonchev–Trinajstić information content (AvgIpc) is 3.10. The zero-order chi connectivity index (χ0) is 19.9. The van der Waals surface area contributed by atoms with E-state index in [-0.39, 0.29) is 0 Å². The van der Waals surface area contributed by atoms with Crippen molar-refractivity contribution in [1.82, 2.24) is 15.5 Å². The molecule has 0 aliphatic rings. The Labute approximate surface area is 169 Å². The summed E-state index contributed by atoms with van der Waals surface area (Å²) in [5.41, 5.74) is 5.77. The number of carbonyl (C=O) groups is 2. The Balaban J connectivity index is 1.56. The molecule has 0 saturated carbocycles. The van der Waals surface area contributed by atoms with Crippen molar-refractivity contribution in [3.63, 3.8) is 0 Å². The molecule has 1 heterocycles. The van der Waals surface area contributed by atoms with Gasteiger partial charge in [-0.25, -0.2) is 4.79 Å². The normalized spacial score (nSPS) is 11.5. The molecule has 0 fully saturated rings. The third kappa shape index (κ3) is 5.69. The number of benzene rings is 2. The van der Waals surface area contributed by atoms with E-state index in [2.05, 4.69) is 15.5 Å². The van der Waals surface area contributed by atoms with Crippen molar-refractivity contribution < 1.29 is 14.3 Å². The molecule has 144 valence electrons. The average molecular weight is 416 g/mol. The Kier molecular flexibility index (Phi) is 6.45. The largest absolute Gasteiger partial charge is 0.457 e. The number of nitrogens with zero attached hydrogens (tertiary/aromatic N) is 2. The Morgan fingerprint density at radius 3 is 2.43 bits per heavy atom. The van der Waals surface area contributed by atoms with Gasteiger partial charge in [0.1, 0.15) is 11.5 Å². The molecule has 1 atom stereocenters. The van der Waals surface area contributed by atoms with E-state index in [9.17, 15) is 9.59 Å². The van der Waals surface area contributed by atoms with Crippen LogP contribution in [0, 0.1) is 0 Å². The van der Waals surface area contributed by atoms with Crippen molar-refractivity contribution in [2.45, 2.75) is 16.5 Å². The lowest BCUT2D eigenvalue weighted by Gasteiger charge is -2.07. The molecule has 4 N–H and O–H groups in total. The zero-order valence-electron chi connectivity index (χ0n) is 14.8. The number of aromatic nitrogens is 2. The number of imide groups is 1. The minimum Gasteiger partial charge on any atom is -0.457 e. The predicted octanol–water partition coefficient (Wildman–Crippen LogP) is 3.75. The molecule has 0 unspecified atom stereocenters. The number of nitrogens with two attached hydrogens (primary N) is 1. The number of amides is 3. The smallest absolute Gasteiger partial charge is 0.318 e. The van der Waals surface area contributed by atoms with Crippen LogP contribution >= 0.6 is 23.1 Å². The van der Waals surface area contributed by atoms with Gasteiger partial charge in [-0.15, -0.1) is 10.2 Å². The lowest BCUT2D eigenvalue weighted by molar-refractivity contribution is -0.119. The van der Waals surface area contributed by atoms with E-state index in [0.717, 1.165) is 17.2 Å². The van der Waals surface area contributed by atoms with Gasteiger partial charge >= 0.3 is 6.03 Å². The molecule has 0 radical (unpaired) electrons. The molecule has 0 saturated heterocycles. The number of para-hydroxylation sites is 1. The number of ether oxygens (including phenoxy) is 1. The molecule has 3 aromatic rings. The summed E-state index contributed by atoms with van der Waals surface area (Å²) in [5.74, 6) is 1.01. The van der Waals surface area contributed by atoms with Crippen LogP contribution in [0.5, 0.6) is 11.5 Å². The fourth-order valence-electron chi connectivity index (χ4n) is 2.09. The molecule has 2 aromatic carbocycles. The van der Waals surface area contributed by atoms with E-state index in [0.29, 0.717) is 9.47 Å². The highest BCUT2D eigenvalue weighted by atomic mass is 32.2. The van der Waals surface area contributed by atoms with Crippen LogP contribution in [-0.2, 0) is 4.79 Å². The molecule has 0 aliphatic carbocycles. The first-order valence-corrected chi connectivity index (χ1v) is 9.89. The summed E-state index contributed by atoms with van der Waals surface area (Å²) in [6.07, 6.45) is 0. The molecular formula is C18H17N5O3S2. The van der Waals surface area contributed by atoms with Crippen LogP contribution in [0.4, 0.5) is 15.6 Å². The first-order chi connectivity index (χ1) is 13.5. The van der Waals surface area contributed by atoms with Gasteiger partial charge in [-0.3, -0.25) is 10.1 Å². The maximum Gasteiger partial charge on any atom is 0.318 e. The second-order valence-corrected chi connectivity index (χ2v) is 8.12. The van der Waals surface area contributed by atoms with Gasteiger partial charge < -0.3 is 15.8 Å². The third-order valence-electron chi connectivity index (χ3n) is 3.38. The summed E-state index contributed by atoms with van der Waals surface area (Å²) in [6, 6.07) is 16.1. The van der Waals surface area contributed by atoms with Gasteiger partial charge in [0.05, 0.1) is 5.25 Å². The van der Waals surface area contributed by atoms with E-state index in [1.165, 1.54) is 23.1 Å². The van der Waals surface area contributed by atoms with E-state index in [1.54, 1.807) is 6.92 Å². The minimum absolute atomic E-state index is 0.476. The number of hydrogen-bond acceptors (Lipinski definition) is 8. The summed E-state index contributed by atoms with van der Waals surface area (Å²) in [6.45, 7) is 1.66. The predicted molar refractivity (Wildman–Crippen MR) is 109 cm³/mol. The topological polar surface area (TPSA) is 119 Å². The summed E-state index contributed by atoms with van der Waals surface area (Å²) in [5, 5.41) is 13.3. The van der Waals surface area contributed by atoms with E-state index < -0.39 is 17.2 Å². The molecule has 1 aromatic heterocycles. The number of hydrogen-bond donors (Lipinski definition) is 3. The third-order valence-corrected chi connectivity index (χ3v) is 5.41. The van der Waals surface area contributed by atoms with Crippen LogP contribution in [0.15, 0.2) is 58.9 Å². The summed E-state index contributed by atoms with van der Waals surface area (Å²) >= 11 is 2.50. The number of urea groups is 1. The molecule has 3 rings (SSSR count). The standard InChI is InChI=1S/C18H17N5O3S2/c1-11(15(24)21-16(19)25)27-18-23-22-17(28-18)20-12-7-9-14(10-8-12)26-13-5-3-2-4-6-13/h2-11H,1H3,(H,20,22)(H3,19,21,24,25)/t11-/m1/s1. The molecule has 3 amide bonds. The van der Waals surface area contributed by atoms with Crippen molar-refractivity contribution in [2.24, 2.45) is 5.73 Å². The SMILES string of the molecule is C[C@@H](Sc1nnc(Nc2ccc(Oc3ccccc3)cc2)s1)C(=O)NC(N)=O. The number of primary amides is 1. The van der Waals surface area contributed by atoms with Crippen molar-refractivity contribution in [2.75, 3.05) is 5.32 Å². The summed E-state index contributed by atoms with van der Waals surface area (Å²) in [4.78, 5) is 22.5. The maximum atomic E-state index is 11.7. The molecule has 10 heteroatoms. The molecule has 0 spiro atoms. The van der Waals surface area contributed by atoms with Crippen LogP contribution in [0.2, 0.25) is 0 Å². The molecule has 8 nitrogen and oxygen atoms in total. The zero-order valence-corrected chi connectivity index (χ0v) is 16.4. The highest BCUT2D eigenvalue weighted by molar-refractivity contribution is 8.02.